The minimum atomic E-state index is -3.93. The largest absolute Gasteiger partial charge is 0.492 e. The van der Waals surface area contributed by atoms with E-state index in [4.69, 9.17) is 4.74 Å². The van der Waals surface area contributed by atoms with Gasteiger partial charge in [-0.3, -0.25) is 9.10 Å². The fourth-order valence-electron chi connectivity index (χ4n) is 2.76. The highest BCUT2D eigenvalue weighted by molar-refractivity contribution is 7.92. The van der Waals surface area contributed by atoms with Crippen LogP contribution < -0.4 is 9.04 Å². The molecular weight excluding hydrogens is 364 g/mol. The highest BCUT2D eigenvalue weighted by atomic mass is 32.2. The van der Waals surface area contributed by atoms with Crippen LogP contribution in [0.5, 0.6) is 5.75 Å². The van der Waals surface area contributed by atoms with Crippen molar-refractivity contribution in [2.45, 2.75) is 25.7 Å². The molecule has 0 bridgehead atoms. The zero-order valence-corrected chi connectivity index (χ0v) is 16.8. The van der Waals surface area contributed by atoms with Crippen LogP contribution in [-0.4, -0.2) is 45.5 Å². The molecule has 0 atom stereocenters. The van der Waals surface area contributed by atoms with E-state index in [1.54, 1.807) is 47.4 Å². The van der Waals surface area contributed by atoms with Gasteiger partial charge in [-0.15, -0.1) is 0 Å². The molecule has 0 heterocycles. The van der Waals surface area contributed by atoms with Crippen molar-refractivity contribution < 1.29 is 17.9 Å². The van der Waals surface area contributed by atoms with E-state index in [2.05, 4.69) is 0 Å². The summed E-state index contributed by atoms with van der Waals surface area (Å²) in [5.41, 5.74) is 0.351. The summed E-state index contributed by atoms with van der Waals surface area (Å²) in [5, 5.41) is 0. The number of nitrogens with zero attached hydrogens (tertiary/aromatic N) is 2. The topological polar surface area (TPSA) is 66.9 Å². The normalized spacial score (nSPS) is 11.1. The predicted octanol–water partition coefficient (Wildman–Crippen LogP) is 3.15. The molecule has 146 valence electrons. The molecule has 6 nitrogen and oxygen atoms in total. The number of anilines is 1. The van der Waals surface area contributed by atoms with Gasteiger partial charge in [0.2, 0.25) is 5.91 Å². The molecule has 0 N–H and O–H groups in total. The SMILES string of the molecule is CCOc1ccccc1N(CC(=O)N(CC)CC)S(=O)(=O)c1ccccc1. The second-order valence-electron chi connectivity index (χ2n) is 5.79. The number of benzene rings is 2. The molecule has 0 saturated heterocycles. The molecule has 0 radical (unpaired) electrons. The van der Waals surface area contributed by atoms with Gasteiger partial charge in [-0.05, 0) is 45.0 Å². The van der Waals surface area contributed by atoms with Gasteiger partial charge in [0.25, 0.3) is 10.0 Å². The number of hydrogen-bond donors (Lipinski definition) is 0. The zero-order valence-electron chi connectivity index (χ0n) is 16.0. The smallest absolute Gasteiger partial charge is 0.264 e. The minimum Gasteiger partial charge on any atom is -0.492 e. The molecule has 2 rings (SSSR count). The van der Waals surface area contributed by atoms with Crippen molar-refractivity contribution in [3.63, 3.8) is 0 Å². The molecule has 0 spiro atoms. The van der Waals surface area contributed by atoms with Gasteiger partial charge in [-0.25, -0.2) is 8.42 Å². The second-order valence-corrected chi connectivity index (χ2v) is 7.65. The van der Waals surface area contributed by atoms with Crippen molar-refractivity contribution in [3.8, 4) is 5.75 Å². The first kappa shape index (κ1) is 20.8. The fraction of sp³-hybridized carbons (Fsp3) is 0.350. The van der Waals surface area contributed by atoms with Gasteiger partial charge in [-0.2, -0.15) is 0 Å². The molecular formula is C20H26N2O4S. The Balaban J connectivity index is 2.54. The lowest BCUT2D eigenvalue weighted by Crippen LogP contribution is -2.43. The van der Waals surface area contributed by atoms with Gasteiger partial charge in [0.15, 0.2) is 0 Å². The molecule has 0 fully saturated rings. The van der Waals surface area contributed by atoms with Crippen molar-refractivity contribution in [1.29, 1.82) is 0 Å². The number of para-hydroxylation sites is 2. The van der Waals surface area contributed by atoms with Crippen LogP contribution in [0.4, 0.5) is 5.69 Å². The van der Waals surface area contributed by atoms with Crippen molar-refractivity contribution in [1.82, 2.24) is 4.90 Å². The van der Waals surface area contributed by atoms with Crippen molar-refractivity contribution in [2.24, 2.45) is 0 Å². The monoisotopic (exact) mass is 390 g/mol. The molecule has 0 aliphatic carbocycles. The average Bonchev–Trinajstić information content (AvgIpc) is 2.68. The molecule has 7 heteroatoms. The van der Waals surface area contributed by atoms with Crippen LogP contribution in [-0.2, 0) is 14.8 Å². The number of hydrogen-bond acceptors (Lipinski definition) is 4. The van der Waals surface area contributed by atoms with E-state index >= 15 is 0 Å². The maximum absolute atomic E-state index is 13.3. The Bertz CT molecular complexity index is 849. The van der Waals surface area contributed by atoms with Crippen LogP contribution in [0.3, 0.4) is 0 Å². The highest BCUT2D eigenvalue weighted by Gasteiger charge is 2.30. The standard InChI is InChI=1S/C20H26N2O4S/c1-4-21(5-2)20(23)16-22(18-14-10-11-15-19(18)26-6-3)27(24,25)17-12-8-7-9-13-17/h7-15H,4-6,16H2,1-3H3. The molecule has 0 saturated carbocycles. The summed E-state index contributed by atoms with van der Waals surface area (Å²) < 4.78 is 33.4. The quantitative estimate of drug-likeness (QED) is 0.660. The number of ether oxygens (including phenoxy) is 1. The summed E-state index contributed by atoms with van der Waals surface area (Å²) in [5.74, 6) is 0.165. The van der Waals surface area contributed by atoms with E-state index in [0.717, 1.165) is 4.31 Å². The molecule has 1 amide bonds. The minimum absolute atomic E-state index is 0.128. The summed E-state index contributed by atoms with van der Waals surface area (Å²) in [7, 11) is -3.93. The summed E-state index contributed by atoms with van der Waals surface area (Å²) in [6, 6.07) is 15.0. The highest BCUT2D eigenvalue weighted by Crippen LogP contribution is 2.32. The van der Waals surface area contributed by atoms with Crippen molar-refractivity contribution in [2.75, 3.05) is 30.5 Å². The first-order chi connectivity index (χ1) is 13.0. The molecule has 0 aromatic heterocycles. The van der Waals surface area contributed by atoms with Crippen molar-refractivity contribution >= 4 is 21.6 Å². The van der Waals surface area contributed by atoms with E-state index < -0.39 is 10.0 Å². The number of carbonyl (C=O) groups excluding carboxylic acids is 1. The van der Waals surface area contributed by atoms with Crippen LogP contribution in [0.15, 0.2) is 59.5 Å². The van der Waals surface area contributed by atoms with Crippen LogP contribution >= 0.6 is 0 Å². The Hall–Kier alpha value is -2.54. The lowest BCUT2D eigenvalue weighted by molar-refractivity contribution is -0.129. The molecule has 27 heavy (non-hydrogen) atoms. The molecule has 2 aromatic carbocycles. The number of likely N-dealkylation sites (N-methyl/N-ethyl adjacent to an activating group) is 1. The third kappa shape index (κ3) is 4.80. The average molecular weight is 391 g/mol. The van der Waals surface area contributed by atoms with E-state index in [1.165, 1.54) is 12.1 Å². The molecule has 2 aromatic rings. The Kier molecular flexibility index (Phi) is 7.24. The van der Waals surface area contributed by atoms with Crippen molar-refractivity contribution in [3.05, 3.63) is 54.6 Å². The van der Waals surface area contributed by atoms with Gasteiger partial charge in [0.1, 0.15) is 12.3 Å². The molecule has 0 aliphatic heterocycles. The van der Waals surface area contributed by atoms with E-state index in [0.29, 0.717) is 31.1 Å². The van der Waals surface area contributed by atoms with E-state index in [1.807, 2.05) is 20.8 Å². The number of amides is 1. The first-order valence-corrected chi connectivity index (χ1v) is 10.5. The Labute approximate surface area is 161 Å². The van der Waals surface area contributed by atoms with Gasteiger partial charge >= 0.3 is 0 Å². The maximum Gasteiger partial charge on any atom is 0.264 e. The van der Waals surface area contributed by atoms with E-state index in [-0.39, 0.29) is 17.3 Å². The fourth-order valence-corrected chi connectivity index (χ4v) is 4.20. The number of rotatable bonds is 9. The van der Waals surface area contributed by atoms with E-state index in [9.17, 15) is 13.2 Å². The Morgan fingerprint density at radius 1 is 0.926 bits per heavy atom. The Morgan fingerprint density at radius 3 is 2.11 bits per heavy atom. The van der Waals surface area contributed by atoms with Crippen LogP contribution in [0, 0.1) is 0 Å². The lowest BCUT2D eigenvalue weighted by Gasteiger charge is -2.28. The molecule has 0 aliphatic rings. The second kappa shape index (κ2) is 9.41. The van der Waals surface area contributed by atoms with Gasteiger partial charge in [0.05, 0.1) is 17.2 Å². The summed E-state index contributed by atoms with van der Waals surface area (Å²) >= 11 is 0. The van der Waals surface area contributed by atoms with Gasteiger partial charge in [0, 0.05) is 13.1 Å². The maximum atomic E-state index is 13.3. The third-order valence-electron chi connectivity index (χ3n) is 4.16. The van der Waals surface area contributed by atoms with Gasteiger partial charge < -0.3 is 9.64 Å². The van der Waals surface area contributed by atoms with Crippen LogP contribution in [0.2, 0.25) is 0 Å². The number of carbonyl (C=O) groups is 1. The number of sulfonamides is 1. The zero-order chi connectivity index (χ0) is 19.9. The Morgan fingerprint density at radius 2 is 1.52 bits per heavy atom. The van der Waals surface area contributed by atoms with Crippen LogP contribution in [0.1, 0.15) is 20.8 Å². The lowest BCUT2D eigenvalue weighted by atomic mass is 10.3. The predicted molar refractivity (Wildman–Crippen MR) is 107 cm³/mol. The van der Waals surface area contributed by atoms with Crippen LogP contribution in [0.25, 0.3) is 0 Å². The first-order valence-electron chi connectivity index (χ1n) is 9.03. The summed E-state index contributed by atoms with van der Waals surface area (Å²) in [4.78, 5) is 14.5. The third-order valence-corrected chi connectivity index (χ3v) is 5.93. The molecule has 0 unspecified atom stereocenters. The van der Waals surface area contributed by atoms with Gasteiger partial charge in [-0.1, -0.05) is 30.3 Å². The summed E-state index contributed by atoms with van der Waals surface area (Å²) in [6.07, 6.45) is 0. The summed E-state index contributed by atoms with van der Waals surface area (Å²) in [6.45, 7) is 6.69.